The van der Waals surface area contributed by atoms with Crippen LogP contribution in [0.15, 0.2) is 0 Å². The molecular formula is C10H21NO3. The summed E-state index contributed by atoms with van der Waals surface area (Å²) in [5.74, 6) is -0.828. The third-order valence-corrected chi connectivity index (χ3v) is 2.40. The number of likely N-dealkylation sites (N-methyl/N-ethyl adjacent to an activating group) is 1. The van der Waals surface area contributed by atoms with Crippen molar-refractivity contribution in [2.24, 2.45) is 0 Å². The van der Waals surface area contributed by atoms with Crippen LogP contribution in [0, 0.1) is 0 Å². The molecule has 0 rings (SSSR count). The van der Waals surface area contributed by atoms with Crippen LogP contribution in [0.4, 0.5) is 0 Å². The molecule has 4 heteroatoms. The molecule has 0 aromatic heterocycles. The smallest absolute Gasteiger partial charge is 0.320 e. The average molecular weight is 203 g/mol. The third-order valence-electron chi connectivity index (χ3n) is 2.40. The highest BCUT2D eigenvalue weighted by molar-refractivity contribution is 5.73. The van der Waals surface area contributed by atoms with Crippen molar-refractivity contribution in [1.82, 2.24) is 5.32 Å². The van der Waals surface area contributed by atoms with E-state index in [-0.39, 0.29) is 5.60 Å². The number of nitrogens with one attached hydrogen (secondary N) is 1. The van der Waals surface area contributed by atoms with Gasteiger partial charge in [0.1, 0.15) is 6.04 Å². The summed E-state index contributed by atoms with van der Waals surface area (Å²) in [6.45, 7) is 6.52. The summed E-state index contributed by atoms with van der Waals surface area (Å²) in [5.41, 5.74) is -0.156. The minimum absolute atomic E-state index is 0.156. The van der Waals surface area contributed by atoms with Crippen LogP contribution in [0.3, 0.4) is 0 Å². The molecule has 1 unspecified atom stereocenters. The Labute approximate surface area is 85.6 Å². The highest BCUT2D eigenvalue weighted by Gasteiger charge is 2.18. The van der Waals surface area contributed by atoms with Crippen molar-refractivity contribution in [3.63, 3.8) is 0 Å². The molecular weight excluding hydrogens is 182 g/mol. The highest BCUT2D eigenvalue weighted by Crippen LogP contribution is 2.13. The first-order valence-electron chi connectivity index (χ1n) is 4.97. The van der Waals surface area contributed by atoms with Gasteiger partial charge in [-0.25, -0.2) is 0 Å². The van der Waals surface area contributed by atoms with Gasteiger partial charge in [0.15, 0.2) is 0 Å². The zero-order valence-corrected chi connectivity index (χ0v) is 9.46. The monoisotopic (exact) mass is 203 g/mol. The summed E-state index contributed by atoms with van der Waals surface area (Å²) in [6.07, 6.45) is 1.42. The van der Waals surface area contributed by atoms with E-state index in [1.54, 1.807) is 7.05 Å². The van der Waals surface area contributed by atoms with Crippen LogP contribution in [0.25, 0.3) is 0 Å². The van der Waals surface area contributed by atoms with E-state index in [4.69, 9.17) is 9.84 Å². The third kappa shape index (κ3) is 5.19. The number of rotatable bonds is 7. The van der Waals surface area contributed by atoms with Gasteiger partial charge in [-0.1, -0.05) is 6.92 Å². The Morgan fingerprint density at radius 1 is 1.57 bits per heavy atom. The van der Waals surface area contributed by atoms with Crippen LogP contribution in [0.1, 0.15) is 33.6 Å². The van der Waals surface area contributed by atoms with Crippen LogP contribution in [0.2, 0.25) is 0 Å². The van der Waals surface area contributed by atoms with E-state index in [9.17, 15) is 4.79 Å². The summed E-state index contributed by atoms with van der Waals surface area (Å²) in [5, 5.41) is 11.5. The van der Waals surface area contributed by atoms with Crippen LogP contribution < -0.4 is 5.32 Å². The van der Waals surface area contributed by atoms with Gasteiger partial charge in [0.2, 0.25) is 0 Å². The molecule has 0 radical (unpaired) electrons. The fourth-order valence-electron chi connectivity index (χ4n) is 0.946. The molecule has 0 bridgehead atoms. The lowest BCUT2D eigenvalue weighted by molar-refractivity contribution is -0.140. The van der Waals surface area contributed by atoms with E-state index < -0.39 is 12.0 Å². The second kappa shape index (κ2) is 5.98. The fraction of sp³-hybridized carbons (Fsp3) is 0.900. The average Bonchev–Trinajstić information content (AvgIpc) is 2.12. The zero-order chi connectivity index (χ0) is 11.2. The predicted molar refractivity (Wildman–Crippen MR) is 55.4 cm³/mol. The van der Waals surface area contributed by atoms with Crippen molar-refractivity contribution in [1.29, 1.82) is 0 Å². The first kappa shape index (κ1) is 13.4. The highest BCUT2D eigenvalue weighted by atomic mass is 16.5. The van der Waals surface area contributed by atoms with Crippen LogP contribution in [-0.4, -0.2) is 36.4 Å². The van der Waals surface area contributed by atoms with Gasteiger partial charge in [0.25, 0.3) is 0 Å². The lowest BCUT2D eigenvalue weighted by atomic mass is 10.1. The van der Waals surface area contributed by atoms with Gasteiger partial charge in [-0.3, -0.25) is 4.79 Å². The maximum atomic E-state index is 10.6. The lowest BCUT2D eigenvalue weighted by Gasteiger charge is -2.24. The van der Waals surface area contributed by atoms with Crippen LogP contribution >= 0.6 is 0 Å². The Morgan fingerprint density at radius 2 is 2.14 bits per heavy atom. The first-order valence-corrected chi connectivity index (χ1v) is 4.97. The summed E-state index contributed by atoms with van der Waals surface area (Å²) in [7, 11) is 1.64. The van der Waals surface area contributed by atoms with Gasteiger partial charge >= 0.3 is 5.97 Å². The fourth-order valence-corrected chi connectivity index (χ4v) is 0.946. The molecule has 14 heavy (non-hydrogen) atoms. The minimum atomic E-state index is -0.828. The number of carbonyl (C=O) groups is 1. The Kier molecular flexibility index (Phi) is 5.72. The topological polar surface area (TPSA) is 58.6 Å². The van der Waals surface area contributed by atoms with Gasteiger partial charge < -0.3 is 15.2 Å². The maximum absolute atomic E-state index is 10.6. The van der Waals surface area contributed by atoms with E-state index in [2.05, 4.69) is 5.32 Å². The van der Waals surface area contributed by atoms with Gasteiger partial charge in [-0.15, -0.1) is 0 Å². The number of carboxylic acids is 1. The maximum Gasteiger partial charge on any atom is 0.320 e. The summed E-state index contributed by atoms with van der Waals surface area (Å²) >= 11 is 0. The summed E-state index contributed by atoms with van der Waals surface area (Å²) in [4.78, 5) is 10.6. The van der Waals surface area contributed by atoms with E-state index in [1.807, 2.05) is 20.8 Å². The number of ether oxygens (including phenoxy) is 1. The minimum Gasteiger partial charge on any atom is -0.480 e. The van der Waals surface area contributed by atoms with Crippen molar-refractivity contribution in [2.45, 2.75) is 45.3 Å². The quantitative estimate of drug-likeness (QED) is 0.654. The predicted octanol–water partition coefficient (Wildman–Crippen LogP) is 1.25. The molecule has 0 aromatic carbocycles. The normalized spacial score (nSPS) is 14.0. The van der Waals surface area contributed by atoms with Crippen molar-refractivity contribution in [3.05, 3.63) is 0 Å². The first-order chi connectivity index (χ1) is 6.43. The molecule has 0 fully saturated rings. The largest absolute Gasteiger partial charge is 0.480 e. The van der Waals surface area contributed by atoms with Crippen molar-refractivity contribution in [2.75, 3.05) is 13.7 Å². The number of carboxylic acid groups (broad SMARTS) is 1. The lowest BCUT2D eigenvalue weighted by Crippen LogP contribution is -2.36. The Balaban J connectivity index is 3.77. The second-order valence-corrected chi connectivity index (χ2v) is 3.93. The Bertz CT molecular complexity index is 180. The number of hydrogen-bond donors (Lipinski definition) is 2. The molecule has 0 aliphatic rings. The van der Waals surface area contributed by atoms with E-state index in [0.29, 0.717) is 13.0 Å². The van der Waals surface area contributed by atoms with Crippen molar-refractivity contribution < 1.29 is 14.6 Å². The molecule has 84 valence electrons. The SMILES string of the molecule is CCC(C)(C)OCCC(NC)C(=O)O. The Hall–Kier alpha value is -0.610. The molecule has 4 nitrogen and oxygen atoms in total. The molecule has 0 aliphatic carbocycles. The summed E-state index contributed by atoms with van der Waals surface area (Å²) < 4.78 is 5.56. The molecule has 0 amide bonds. The molecule has 0 spiro atoms. The number of hydrogen-bond acceptors (Lipinski definition) is 3. The van der Waals surface area contributed by atoms with Gasteiger partial charge in [0.05, 0.1) is 5.60 Å². The molecule has 1 atom stereocenters. The van der Waals surface area contributed by atoms with E-state index >= 15 is 0 Å². The van der Waals surface area contributed by atoms with Gasteiger partial charge in [-0.05, 0) is 33.7 Å². The molecule has 0 aliphatic heterocycles. The van der Waals surface area contributed by atoms with Crippen LogP contribution in [-0.2, 0) is 9.53 Å². The standard InChI is InChI=1S/C10H21NO3/c1-5-10(2,3)14-7-6-8(11-4)9(12)13/h8,11H,5-7H2,1-4H3,(H,12,13). The van der Waals surface area contributed by atoms with Gasteiger partial charge in [-0.2, -0.15) is 0 Å². The van der Waals surface area contributed by atoms with Crippen molar-refractivity contribution >= 4 is 5.97 Å². The second-order valence-electron chi connectivity index (χ2n) is 3.93. The summed E-state index contributed by atoms with van der Waals surface area (Å²) in [6, 6.07) is -0.511. The van der Waals surface area contributed by atoms with Gasteiger partial charge in [0, 0.05) is 6.61 Å². The van der Waals surface area contributed by atoms with Crippen molar-refractivity contribution in [3.8, 4) is 0 Å². The Morgan fingerprint density at radius 3 is 2.50 bits per heavy atom. The molecule has 2 N–H and O–H groups in total. The zero-order valence-electron chi connectivity index (χ0n) is 9.46. The molecule has 0 heterocycles. The molecule has 0 saturated carbocycles. The number of aliphatic carboxylic acids is 1. The molecule has 0 aromatic rings. The van der Waals surface area contributed by atoms with E-state index in [0.717, 1.165) is 6.42 Å². The van der Waals surface area contributed by atoms with Crippen LogP contribution in [0.5, 0.6) is 0 Å². The van der Waals surface area contributed by atoms with E-state index in [1.165, 1.54) is 0 Å². The molecule has 0 saturated heterocycles.